The molecule has 0 saturated carbocycles. The molecule has 2 amide bonds. The van der Waals surface area contributed by atoms with Crippen LogP contribution >= 0.6 is 23.2 Å². The Kier molecular flexibility index (Phi) is 10.5. The molecule has 0 aliphatic rings. The van der Waals surface area contributed by atoms with Crippen molar-refractivity contribution < 1.29 is 18.0 Å². The van der Waals surface area contributed by atoms with Gasteiger partial charge in [0.1, 0.15) is 12.6 Å². The van der Waals surface area contributed by atoms with Crippen molar-refractivity contribution in [1.82, 2.24) is 10.2 Å². The average molecular weight is 639 g/mol. The number of benzene rings is 4. The predicted octanol–water partition coefficient (Wildman–Crippen LogP) is 6.19. The Morgan fingerprint density at radius 3 is 2.02 bits per heavy atom. The molecule has 0 heterocycles. The summed E-state index contributed by atoms with van der Waals surface area (Å²) >= 11 is 12.6. The zero-order valence-electron chi connectivity index (χ0n) is 24.1. The Morgan fingerprint density at radius 2 is 1.44 bits per heavy atom. The molecular formula is C33H33Cl2N3O4S. The molecule has 224 valence electrons. The van der Waals surface area contributed by atoms with E-state index in [0.29, 0.717) is 21.3 Å². The van der Waals surface area contributed by atoms with E-state index in [9.17, 15) is 18.0 Å². The molecule has 0 unspecified atom stereocenters. The zero-order valence-corrected chi connectivity index (χ0v) is 26.5. The summed E-state index contributed by atoms with van der Waals surface area (Å²) in [5.74, 6) is -0.972. The number of carbonyl (C=O) groups is 2. The van der Waals surface area contributed by atoms with Gasteiger partial charge in [-0.15, -0.1) is 0 Å². The van der Waals surface area contributed by atoms with Gasteiger partial charge in [0.2, 0.25) is 11.8 Å². The SMILES string of the molecule is CNC(=O)[C@H](Cc1ccccc1)N(Cc1ccc(Cl)cc1Cl)C(=O)CN(c1cc(C)cc(C)c1)S(=O)(=O)c1ccccc1. The molecule has 1 atom stereocenters. The van der Waals surface area contributed by atoms with Crippen molar-refractivity contribution in [3.8, 4) is 0 Å². The van der Waals surface area contributed by atoms with E-state index in [1.54, 1.807) is 48.5 Å². The predicted molar refractivity (Wildman–Crippen MR) is 172 cm³/mol. The molecule has 4 aromatic carbocycles. The van der Waals surface area contributed by atoms with Gasteiger partial charge in [0, 0.05) is 30.1 Å². The van der Waals surface area contributed by atoms with Gasteiger partial charge in [0.15, 0.2) is 0 Å². The fourth-order valence-electron chi connectivity index (χ4n) is 4.90. The van der Waals surface area contributed by atoms with E-state index in [2.05, 4.69) is 5.32 Å². The minimum Gasteiger partial charge on any atom is -0.357 e. The van der Waals surface area contributed by atoms with Gasteiger partial charge in [-0.3, -0.25) is 13.9 Å². The largest absolute Gasteiger partial charge is 0.357 e. The number of amides is 2. The smallest absolute Gasteiger partial charge is 0.264 e. The molecule has 0 aromatic heterocycles. The third kappa shape index (κ3) is 7.96. The lowest BCUT2D eigenvalue weighted by molar-refractivity contribution is -0.139. The number of nitrogens with zero attached hydrogens (tertiary/aromatic N) is 2. The van der Waals surface area contributed by atoms with Crippen LogP contribution in [0.3, 0.4) is 0 Å². The maximum absolute atomic E-state index is 14.4. The highest BCUT2D eigenvalue weighted by molar-refractivity contribution is 7.92. The van der Waals surface area contributed by atoms with Crippen molar-refractivity contribution in [2.45, 2.75) is 37.8 Å². The number of hydrogen-bond acceptors (Lipinski definition) is 4. The van der Waals surface area contributed by atoms with Crippen molar-refractivity contribution in [3.63, 3.8) is 0 Å². The van der Waals surface area contributed by atoms with Crippen molar-refractivity contribution in [1.29, 1.82) is 0 Å². The summed E-state index contributed by atoms with van der Waals surface area (Å²) in [5, 5.41) is 3.42. The highest BCUT2D eigenvalue weighted by Gasteiger charge is 2.34. The van der Waals surface area contributed by atoms with Gasteiger partial charge in [-0.05, 0) is 72.5 Å². The number of hydrogen-bond donors (Lipinski definition) is 1. The van der Waals surface area contributed by atoms with Gasteiger partial charge in [-0.25, -0.2) is 8.42 Å². The summed E-state index contributed by atoms with van der Waals surface area (Å²) in [6.07, 6.45) is 0.201. The fourth-order valence-corrected chi connectivity index (χ4v) is 6.78. The van der Waals surface area contributed by atoms with Crippen LogP contribution in [0.5, 0.6) is 0 Å². The number of anilines is 1. The molecular weight excluding hydrogens is 605 g/mol. The van der Waals surface area contributed by atoms with Crippen LogP contribution in [0.4, 0.5) is 5.69 Å². The lowest BCUT2D eigenvalue weighted by Gasteiger charge is -2.34. The van der Waals surface area contributed by atoms with E-state index in [4.69, 9.17) is 23.2 Å². The molecule has 0 radical (unpaired) electrons. The molecule has 10 heteroatoms. The van der Waals surface area contributed by atoms with E-state index >= 15 is 0 Å². The zero-order chi connectivity index (χ0) is 31.1. The quantitative estimate of drug-likeness (QED) is 0.212. The summed E-state index contributed by atoms with van der Waals surface area (Å²) in [6, 6.07) is 26.6. The second-order valence-electron chi connectivity index (χ2n) is 10.2. The standard InChI is InChI=1S/C33H33Cl2N3O4S/c1-23-16-24(2)18-28(17-23)38(43(41,42)29-12-8-5-9-13-29)22-32(39)37(21-26-14-15-27(34)20-30(26)35)31(33(40)36-3)19-25-10-6-4-7-11-25/h4-18,20,31H,19,21-22H2,1-3H3,(H,36,40)/t31-/m0/s1. The van der Waals surface area contributed by atoms with Gasteiger partial charge in [-0.1, -0.05) is 83.9 Å². The number of aryl methyl sites for hydroxylation is 2. The van der Waals surface area contributed by atoms with Gasteiger partial charge in [0.05, 0.1) is 10.6 Å². The minimum atomic E-state index is -4.17. The maximum Gasteiger partial charge on any atom is 0.264 e. The molecule has 0 aliphatic carbocycles. The Balaban J connectivity index is 1.82. The summed E-state index contributed by atoms with van der Waals surface area (Å²) in [7, 11) is -2.67. The Morgan fingerprint density at radius 1 is 0.837 bits per heavy atom. The average Bonchev–Trinajstić information content (AvgIpc) is 2.98. The van der Waals surface area contributed by atoms with Crippen LogP contribution < -0.4 is 9.62 Å². The van der Waals surface area contributed by atoms with Crippen LogP contribution in [0.2, 0.25) is 10.0 Å². The number of nitrogens with one attached hydrogen (secondary N) is 1. The topological polar surface area (TPSA) is 86.8 Å². The minimum absolute atomic E-state index is 0.0430. The van der Waals surface area contributed by atoms with Gasteiger partial charge in [0.25, 0.3) is 10.0 Å². The molecule has 0 spiro atoms. The molecule has 43 heavy (non-hydrogen) atoms. The van der Waals surface area contributed by atoms with Gasteiger partial charge >= 0.3 is 0 Å². The number of sulfonamides is 1. The third-order valence-corrected chi connectivity index (χ3v) is 9.35. The monoisotopic (exact) mass is 637 g/mol. The highest BCUT2D eigenvalue weighted by atomic mass is 35.5. The van der Waals surface area contributed by atoms with Crippen LogP contribution in [0.25, 0.3) is 0 Å². The van der Waals surface area contributed by atoms with Crippen molar-refractivity contribution in [3.05, 3.63) is 129 Å². The Hall–Kier alpha value is -3.85. The van der Waals surface area contributed by atoms with E-state index in [1.165, 1.54) is 24.1 Å². The first-order valence-electron chi connectivity index (χ1n) is 13.6. The van der Waals surface area contributed by atoms with Crippen molar-refractivity contribution >= 4 is 50.7 Å². The van der Waals surface area contributed by atoms with Crippen LogP contribution in [0.1, 0.15) is 22.3 Å². The third-order valence-electron chi connectivity index (χ3n) is 6.98. The molecule has 4 rings (SSSR count). The summed E-state index contributed by atoms with van der Waals surface area (Å²) < 4.78 is 29.2. The van der Waals surface area contributed by atoms with E-state index in [1.807, 2.05) is 50.2 Å². The van der Waals surface area contributed by atoms with Crippen LogP contribution in [-0.4, -0.2) is 44.8 Å². The van der Waals surface area contributed by atoms with E-state index in [-0.39, 0.29) is 17.9 Å². The van der Waals surface area contributed by atoms with E-state index < -0.39 is 34.4 Å². The van der Waals surface area contributed by atoms with Gasteiger partial charge < -0.3 is 10.2 Å². The van der Waals surface area contributed by atoms with E-state index in [0.717, 1.165) is 21.0 Å². The van der Waals surface area contributed by atoms with Crippen LogP contribution in [0.15, 0.2) is 102 Å². The molecule has 7 nitrogen and oxygen atoms in total. The fraction of sp³-hybridized carbons (Fsp3) is 0.212. The maximum atomic E-state index is 14.4. The van der Waals surface area contributed by atoms with Crippen molar-refractivity contribution in [2.24, 2.45) is 0 Å². The number of halogens is 2. The summed E-state index contributed by atoms with van der Waals surface area (Å²) in [6.45, 7) is 3.13. The number of carbonyl (C=O) groups excluding carboxylic acids is 2. The summed E-state index contributed by atoms with van der Waals surface area (Å²) in [5.41, 5.74) is 3.42. The Labute approximate surface area is 263 Å². The highest BCUT2D eigenvalue weighted by Crippen LogP contribution is 2.28. The Bertz CT molecular complexity index is 1680. The lowest BCUT2D eigenvalue weighted by Crippen LogP contribution is -2.53. The molecule has 0 aliphatic heterocycles. The van der Waals surface area contributed by atoms with Crippen LogP contribution in [0, 0.1) is 13.8 Å². The molecule has 0 saturated heterocycles. The lowest BCUT2D eigenvalue weighted by atomic mass is 10.0. The molecule has 0 fully saturated rings. The first kappa shape index (κ1) is 32.1. The second kappa shape index (κ2) is 14.1. The summed E-state index contributed by atoms with van der Waals surface area (Å²) in [4.78, 5) is 29.2. The van der Waals surface area contributed by atoms with Gasteiger partial charge in [-0.2, -0.15) is 0 Å². The molecule has 1 N–H and O–H groups in total. The number of likely N-dealkylation sites (N-methyl/N-ethyl adjacent to an activating group) is 1. The normalized spacial score (nSPS) is 11.9. The molecule has 4 aromatic rings. The van der Waals surface area contributed by atoms with Crippen LogP contribution in [-0.2, 0) is 32.6 Å². The number of rotatable bonds is 11. The molecule has 0 bridgehead atoms. The second-order valence-corrected chi connectivity index (χ2v) is 13.0. The first-order valence-corrected chi connectivity index (χ1v) is 15.8. The first-order chi connectivity index (χ1) is 20.5. The van der Waals surface area contributed by atoms with Crippen molar-refractivity contribution in [2.75, 3.05) is 17.9 Å².